The number of hydrogen-bond donors (Lipinski definition) is 2. The second-order valence-corrected chi connectivity index (χ2v) is 6.34. The Morgan fingerprint density at radius 1 is 1.10 bits per heavy atom. The first kappa shape index (κ1) is 18.5. The zero-order chi connectivity index (χ0) is 20.4. The number of fused-ring (bicyclic) bond motifs is 2. The Hall–Kier alpha value is -3.88. The van der Waals surface area contributed by atoms with Crippen LogP contribution in [0, 0.1) is 0 Å². The summed E-state index contributed by atoms with van der Waals surface area (Å²) in [6.07, 6.45) is -1.09. The van der Waals surface area contributed by atoms with Gasteiger partial charge in [0.25, 0.3) is 11.5 Å². The minimum absolute atomic E-state index is 0.0702. The number of rotatable bonds is 4. The van der Waals surface area contributed by atoms with Crippen molar-refractivity contribution in [2.24, 2.45) is 0 Å². The highest BCUT2D eigenvalue weighted by molar-refractivity contribution is 6.03. The van der Waals surface area contributed by atoms with E-state index < -0.39 is 23.5 Å². The quantitative estimate of drug-likeness (QED) is 0.647. The molecule has 2 N–H and O–H groups in total. The molecule has 29 heavy (non-hydrogen) atoms. The van der Waals surface area contributed by atoms with Crippen LogP contribution in [-0.2, 0) is 9.53 Å². The molecule has 148 valence electrons. The summed E-state index contributed by atoms with van der Waals surface area (Å²) < 4.78 is 16.2. The molecule has 4 rings (SSSR count). The van der Waals surface area contributed by atoms with Crippen LogP contribution in [0.5, 0.6) is 11.5 Å². The maximum Gasteiger partial charge on any atom is 0.360 e. The summed E-state index contributed by atoms with van der Waals surface area (Å²) in [5.41, 5.74) is -0.00417. The fourth-order valence-electron chi connectivity index (χ4n) is 2.91. The van der Waals surface area contributed by atoms with Gasteiger partial charge in [0, 0.05) is 17.1 Å². The van der Waals surface area contributed by atoms with Crippen LogP contribution in [0.1, 0.15) is 17.4 Å². The van der Waals surface area contributed by atoms with E-state index in [-0.39, 0.29) is 5.69 Å². The van der Waals surface area contributed by atoms with Crippen LogP contribution < -0.4 is 20.3 Å². The van der Waals surface area contributed by atoms with E-state index in [1.807, 2.05) is 0 Å². The van der Waals surface area contributed by atoms with Gasteiger partial charge in [0.15, 0.2) is 23.3 Å². The molecular formula is C20H17N3O6. The zero-order valence-electron chi connectivity index (χ0n) is 15.4. The van der Waals surface area contributed by atoms with E-state index >= 15 is 0 Å². The van der Waals surface area contributed by atoms with Crippen molar-refractivity contribution >= 4 is 28.3 Å². The largest absolute Gasteiger partial charge is 0.486 e. The van der Waals surface area contributed by atoms with Gasteiger partial charge in [-0.25, -0.2) is 9.89 Å². The number of nitrogens with one attached hydrogen (secondary N) is 2. The minimum Gasteiger partial charge on any atom is -0.486 e. The lowest BCUT2D eigenvalue weighted by Gasteiger charge is -2.19. The fraction of sp³-hybridized carbons (Fsp3) is 0.200. The molecule has 1 atom stereocenters. The molecule has 2 aromatic carbocycles. The maximum atomic E-state index is 12.5. The monoisotopic (exact) mass is 395 g/mol. The fourth-order valence-corrected chi connectivity index (χ4v) is 2.91. The van der Waals surface area contributed by atoms with E-state index in [1.54, 1.807) is 42.5 Å². The molecule has 9 heteroatoms. The van der Waals surface area contributed by atoms with E-state index in [1.165, 1.54) is 6.92 Å². The number of H-pyrrole nitrogens is 1. The number of benzene rings is 2. The second-order valence-electron chi connectivity index (χ2n) is 6.34. The molecule has 1 aliphatic heterocycles. The van der Waals surface area contributed by atoms with Crippen molar-refractivity contribution in [1.29, 1.82) is 0 Å². The molecule has 1 aliphatic rings. The van der Waals surface area contributed by atoms with E-state index in [2.05, 4.69) is 15.5 Å². The molecule has 0 unspecified atom stereocenters. The number of hydrogen-bond acceptors (Lipinski definition) is 7. The van der Waals surface area contributed by atoms with Gasteiger partial charge in [-0.2, -0.15) is 5.10 Å². The number of carbonyl (C=O) groups is 2. The van der Waals surface area contributed by atoms with Crippen molar-refractivity contribution in [3.8, 4) is 11.5 Å². The number of aromatic amines is 1. The molecule has 0 bridgehead atoms. The second kappa shape index (κ2) is 7.63. The van der Waals surface area contributed by atoms with E-state index in [9.17, 15) is 14.4 Å². The molecular weight excluding hydrogens is 378 g/mol. The summed E-state index contributed by atoms with van der Waals surface area (Å²) in [5.74, 6) is -0.210. The maximum absolute atomic E-state index is 12.5. The molecule has 3 aromatic rings. The van der Waals surface area contributed by atoms with Gasteiger partial charge in [-0.3, -0.25) is 9.59 Å². The average Bonchev–Trinajstić information content (AvgIpc) is 2.74. The van der Waals surface area contributed by atoms with Gasteiger partial charge in [-0.15, -0.1) is 0 Å². The summed E-state index contributed by atoms with van der Waals surface area (Å²) >= 11 is 0. The highest BCUT2D eigenvalue weighted by atomic mass is 16.6. The third kappa shape index (κ3) is 3.75. The van der Waals surface area contributed by atoms with Crippen molar-refractivity contribution in [2.75, 3.05) is 18.5 Å². The van der Waals surface area contributed by atoms with E-state index in [0.717, 1.165) is 0 Å². The Bertz CT molecular complexity index is 1160. The van der Waals surface area contributed by atoms with Crippen LogP contribution in [0.2, 0.25) is 0 Å². The van der Waals surface area contributed by atoms with Crippen LogP contribution in [-0.4, -0.2) is 41.4 Å². The molecule has 1 aromatic heterocycles. The highest BCUT2D eigenvalue weighted by Crippen LogP contribution is 2.32. The van der Waals surface area contributed by atoms with Crippen molar-refractivity contribution in [3.63, 3.8) is 0 Å². The Morgan fingerprint density at radius 2 is 1.83 bits per heavy atom. The first-order chi connectivity index (χ1) is 14.0. The normalized spacial score (nSPS) is 13.6. The van der Waals surface area contributed by atoms with Gasteiger partial charge >= 0.3 is 5.97 Å². The first-order valence-corrected chi connectivity index (χ1v) is 8.92. The molecule has 0 radical (unpaired) electrons. The predicted octanol–water partition coefficient (Wildman–Crippen LogP) is 1.88. The van der Waals surface area contributed by atoms with Gasteiger partial charge in [-0.05, 0) is 25.1 Å². The van der Waals surface area contributed by atoms with Crippen molar-refractivity contribution < 1.29 is 23.8 Å². The standard InChI is InChI=1S/C20H17N3O6/c1-11(18(24)21-12-6-7-15-16(10-12)28-9-8-27-15)29-20(26)17-13-4-2-3-5-14(13)19(25)23-22-17/h2-7,10-11H,8-9H2,1H3,(H,21,24)(H,23,25)/t11-/m1/s1. The predicted molar refractivity (Wildman–Crippen MR) is 103 cm³/mol. The average molecular weight is 395 g/mol. The van der Waals surface area contributed by atoms with Crippen LogP contribution in [0.25, 0.3) is 10.8 Å². The Balaban J connectivity index is 1.47. The van der Waals surface area contributed by atoms with Gasteiger partial charge in [0.05, 0.1) is 5.39 Å². The molecule has 2 heterocycles. The van der Waals surface area contributed by atoms with Crippen LogP contribution in [0.3, 0.4) is 0 Å². The summed E-state index contributed by atoms with van der Waals surface area (Å²) in [6, 6.07) is 11.5. The number of amides is 1. The smallest absolute Gasteiger partial charge is 0.360 e. The number of aromatic nitrogens is 2. The lowest BCUT2D eigenvalue weighted by Crippen LogP contribution is -2.30. The third-order valence-electron chi connectivity index (χ3n) is 4.35. The van der Waals surface area contributed by atoms with Crippen molar-refractivity contribution in [2.45, 2.75) is 13.0 Å². The van der Waals surface area contributed by atoms with E-state index in [0.29, 0.717) is 41.2 Å². The topological polar surface area (TPSA) is 120 Å². The number of nitrogens with zero attached hydrogens (tertiary/aromatic N) is 1. The van der Waals surface area contributed by atoms with Crippen LogP contribution in [0.15, 0.2) is 47.3 Å². The van der Waals surface area contributed by atoms with Crippen LogP contribution in [0.4, 0.5) is 5.69 Å². The Morgan fingerprint density at radius 3 is 2.62 bits per heavy atom. The van der Waals surface area contributed by atoms with Gasteiger partial charge in [0.2, 0.25) is 0 Å². The third-order valence-corrected chi connectivity index (χ3v) is 4.35. The molecule has 0 saturated carbocycles. The van der Waals surface area contributed by atoms with Gasteiger partial charge < -0.3 is 19.5 Å². The Kier molecular flexibility index (Phi) is 4.86. The lowest BCUT2D eigenvalue weighted by atomic mass is 10.1. The van der Waals surface area contributed by atoms with Gasteiger partial charge in [-0.1, -0.05) is 18.2 Å². The lowest BCUT2D eigenvalue weighted by molar-refractivity contribution is -0.123. The molecule has 0 spiro atoms. The molecule has 0 aliphatic carbocycles. The zero-order valence-corrected chi connectivity index (χ0v) is 15.4. The van der Waals surface area contributed by atoms with Crippen LogP contribution >= 0.6 is 0 Å². The first-order valence-electron chi connectivity index (χ1n) is 8.92. The highest BCUT2D eigenvalue weighted by Gasteiger charge is 2.23. The van der Waals surface area contributed by atoms with Gasteiger partial charge in [0.1, 0.15) is 13.2 Å². The van der Waals surface area contributed by atoms with Crippen molar-refractivity contribution in [1.82, 2.24) is 10.2 Å². The molecule has 0 saturated heterocycles. The molecule has 9 nitrogen and oxygen atoms in total. The molecule has 0 fully saturated rings. The summed E-state index contributed by atoms with van der Waals surface area (Å²) in [7, 11) is 0. The number of anilines is 1. The summed E-state index contributed by atoms with van der Waals surface area (Å²) in [5, 5.41) is 9.36. The summed E-state index contributed by atoms with van der Waals surface area (Å²) in [6.45, 7) is 2.34. The van der Waals surface area contributed by atoms with E-state index in [4.69, 9.17) is 14.2 Å². The summed E-state index contributed by atoms with van der Waals surface area (Å²) in [4.78, 5) is 36.8. The SMILES string of the molecule is C[C@@H](OC(=O)c1n[nH]c(=O)c2ccccc12)C(=O)Nc1ccc2c(c1)OCCO2. The van der Waals surface area contributed by atoms with Crippen molar-refractivity contribution in [3.05, 3.63) is 58.5 Å². The minimum atomic E-state index is -1.09. The number of ether oxygens (including phenoxy) is 3. The molecule has 1 amide bonds. The number of esters is 1. The Labute approximate surface area is 164 Å². The number of carbonyl (C=O) groups excluding carboxylic acids is 2.